The van der Waals surface area contributed by atoms with Crippen molar-refractivity contribution < 1.29 is 4.79 Å². The van der Waals surface area contributed by atoms with Crippen LogP contribution in [0.1, 0.15) is 96.7 Å². The first-order valence-electron chi connectivity index (χ1n) is 12.5. The predicted molar refractivity (Wildman–Crippen MR) is 134 cm³/mol. The van der Waals surface area contributed by atoms with Gasteiger partial charge in [0.15, 0.2) is 0 Å². The molecule has 1 saturated heterocycles. The van der Waals surface area contributed by atoms with E-state index < -0.39 is 5.41 Å². The summed E-state index contributed by atoms with van der Waals surface area (Å²) in [5, 5.41) is 7.26. The zero-order valence-electron chi connectivity index (χ0n) is 21.9. The van der Waals surface area contributed by atoms with Gasteiger partial charge in [0.2, 0.25) is 5.91 Å². The van der Waals surface area contributed by atoms with E-state index in [9.17, 15) is 4.79 Å². The molecule has 178 valence electrons. The van der Waals surface area contributed by atoms with Crippen molar-refractivity contribution in [1.29, 1.82) is 0 Å². The Bertz CT molecular complexity index is 1160. The molecular formula is C28H40N4O. The van der Waals surface area contributed by atoms with Crippen molar-refractivity contribution >= 4 is 16.9 Å². The van der Waals surface area contributed by atoms with Crippen LogP contribution in [-0.4, -0.2) is 33.0 Å². The van der Waals surface area contributed by atoms with Crippen molar-refractivity contribution in [3.05, 3.63) is 34.6 Å². The summed E-state index contributed by atoms with van der Waals surface area (Å²) in [6.45, 7) is 20.0. The number of aryl methyl sites for hydroxylation is 2. The average molecular weight is 449 g/mol. The van der Waals surface area contributed by atoms with Gasteiger partial charge >= 0.3 is 0 Å². The topological polar surface area (TPSA) is 66.9 Å². The average Bonchev–Trinajstić information content (AvgIpc) is 2.94. The molecule has 3 aliphatic rings. The lowest BCUT2D eigenvalue weighted by Gasteiger charge is -2.48. The number of nitrogens with zero attached hydrogens (tertiary/aromatic N) is 2. The van der Waals surface area contributed by atoms with Crippen molar-refractivity contribution in [3.8, 4) is 0 Å². The first-order chi connectivity index (χ1) is 15.1. The van der Waals surface area contributed by atoms with E-state index in [4.69, 9.17) is 9.97 Å². The number of fused-ring (bicyclic) bond motifs is 6. The van der Waals surface area contributed by atoms with Crippen LogP contribution in [0.15, 0.2) is 12.1 Å². The monoisotopic (exact) mass is 448 g/mol. The number of amides is 1. The summed E-state index contributed by atoms with van der Waals surface area (Å²) in [7, 11) is 0. The fraction of sp³-hybridized carbons (Fsp3) is 0.679. The second-order valence-electron chi connectivity index (χ2n) is 13.2. The second-order valence-corrected chi connectivity index (χ2v) is 13.2. The van der Waals surface area contributed by atoms with Crippen molar-refractivity contribution in [2.45, 2.75) is 116 Å². The first kappa shape index (κ1) is 22.8. The summed E-state index contributed by atoms with van der Waals surface area (Å²) in [4.78, 5) is 24.7. The van der Waals surface area contributed by atoms with Crippen molar-refractivity contribution in [2.75, 3.05) is 0 Å². The minimum atomic E-state index is -0.643. The molecule has 2 N–H and O–H groups in total. The maximum atomic E-state index is 14.3. The Hall–Kier alpha value is -2.01. The molecule has 5 nitrogen and oxygen atoms in total. The number of hydrogen-bond acceptors (Lipinski definition) is 4. The molecule has 5 rings (SSSR count). The Balaban J connectivity index is 1.61. The molecule has 1 aromatic carbocycles. The number of nitrogens with one attached hydrogen (secondary N) is 2. The molecular weight excluding hydrogens is 408 g/mol. The molecule has 1 aromatic heterocycles. The Labute approximate surface area is 198 Å². The van der Waals surface area contributed by atoms with Gasteiger partial charge in [-0.05, 0) is 95.9 Å². The number of hydrogen-bond donors (Lipinski definition) is 2. The van der Waals surface area contributed by atoms with E-state index in [0.717, 1.165) is 48.1 Å². The first-order valence-corrected chi connectivity index (χ1v) is 12.5. The van der Waals surface area contributed by atoms with Crippen LogP contribution >= 0.6 is 0 Å². The van der Waals surface area contributed by atoms with Crippen LogP contribution in [0.4, 0.5) is 0 Å². The Morgan fingerprint density at radius 1 is 0.879 bits per heavy atom. The van der Waals surface area contributed by atoms with Gasteiger partial charge in [0, 0.05) is 22.5 Å². The predicted octanol–water partition coefficient (Wildman–Crippen LogP) is 5.00. The third-order valence-corrected chi connectivity index (χ3v) is 9.57. The third kappa shape index (κ3) is 2.97. The second kappa shape index (κ2) is 6.56. The van der Waals surface area contributed by atoms with Gasteiger partial charge in [-0.1, -0.05) is 20.8 Å². The largest absolute Gasteiger partial charge is 0.352 e. The highest BCUT2D eigenvalue weighted by atomic mass is 16.2. The summed E-state index contributed by atoms with van der Waals surface area (Å²) < 4.78 is 0. The molecule has 2 aromatic rings. The number of rotatable bonds is 2. The van der Waals surface area contributed by atoms with Gasteiger partial charge in [-0.3, -0.25) is 4.79 Å². The molecule has 2 atom stereocenters. The highest BCUT2D eigenvalue weighted by Gasteiger charge is 2.73. The molecule has 2 heterocycles. The number of carbonyl (C=O) groups excluding carboxylic acids is 1. The molecule has 1 aliphatic heterocycles. The van der Waals surface area contributed by atoms with Crippen molar-refractivity contribution in [3.63, 3.8) is 0 Å². The van der Waals surface area contributed by atoms with Gasteiger partial charge in [-0.2, -0.15) is 0 Å². The molecule has 2 aliphatic carbocycles. The van der Waals surface area contributed by atoms with Gasteiger partial charge in [-0.15, -0.1) is 0 Å². The van der Waals surface area contributed by atoms with Crippen molar-refractivity contribution in [1.82, 2.24) is 20.6 Å². The Kier molecular flexibility index (Phi) is 4.52. The number of aromatic nitrogens is 2. The van der Waals surface area contributed by atoms with Gasteiger partial charge in [0.25, 0.3) is 0 Å². The van der Waals surface area contributed by atoms with E-state index in [2.05, 4.69) is 85.1 Å². The standard InChI is InChI=1S/C28H40N4O/c1-16-12-19-20(13-17(16)2)31-22-21(30-19)27(9)10-11-28(22,26(27,7)8)23(33)29-18-14-24(3,4)32-25(5,6)15-18/h12-13,18,32H,10-11,14-15H2,1-9H3,(H,29,33). The molecule has 0 radical (unpaired) electrons. The Morgan fingerprint density at radius 2 is 1.39 bits per heavy atom. The maximum absolute atomic E-state index is 14.3. The Morgan fingerprint density at radius 3 is 1.94 bits per heavy atom. The van der Waals surface area contributed by atoms with E-state index in [1.54, 1.807) is 0 Å². The lowest BCUT2D eigenvalue weighted by Crippen LogP contribution is -2.64. The highest BCUT2D eigenvalue weighted by Crippen LogP contribution is 2.70. The molecule has 2 fully saturated rings. The van der Waals surface area contributed by atoms with Crippen LogP contribution in [0.5, 0.6) is 0 Å². The van der Waals surface area contributed by atoms with Crippen LogP contribution in [-0.2, 0) is 15.6 Å². The molecule has 5 heteroatoms. The molecule has 0 spiro atoms. The van der Waals surface area contributed by atoms with E-state index in [0.29, 0.717) is 0 Å². The van der Waals surface area contributed by atoms with Crippen LogP contribution < -0.4 is 10.6 Å². The zero-order chi connectivity index (χ0) is 24.2. The van der Waals surface area contributed by atoms with Crippen LogP contribution in [0, 0.1) is 19.3 Å². The minimum absolute atomic E-state index is 0.0178. The molecule has 33 heavy (non-hydrogen) atoms. The van der Waals surface area contributed by atoms with Gasteiger partial charge in [0.05, 0.1) is 27.8 Å². The summed E-state index contributed by atoms with van der Waals surface area (Å²) in [6.07, 6.45) is 3.64. The normalized spacial score (nSPS) is 31.5. The lowest BCUT2D eigenvalue weighted by molar-refractivity contribution is -0.131. The highest BCUT2D eigenvalue weighted by molar-refractivity contribution is 5.93. The number of benzene rings is 1. The van der Waals surface area contributed by atoms with Crippen LogP contribution in [0.3, 0.4) is 0 Å². The van der Waals surface area contributed by atoms with Crippen molar-refractivity contribution in [2.24, 2.45) is 5.41 Å². The SMILES string of the molecule is Cc1cc2nc3c(nc2cc1C)C1(C(=O)NC2CC(C)(C)NC(C)(C)C2)CCC3(C)C1(C)C. The van der Waals surface area contributed by atoms with Crippen LogP contribution in [0.25, 0.3) is 11.0 Å². The molecule has 2 bridgehead atoms. The summed E-state index contributed by atoms with van der Waals surface area (Å²) in [5.41, 5.74) is 5.15. The molecule has 2 unspecified atom stereocenters. The third-order valence-electron chi connectivity index (χ3n) is 9.57. The summed E-state index contributed by atoms with van der Waals surface area (Å²) in [5.74, 6) is 0.144. The molecule has 1 amide bonds. The summed E-state index contributed by atoms with van der Waals surface area (Å²) in [6, 6.07) is 4.41. The number of piperidine rings is 1. The van der Waals surface area contributed by atoms with E-state index in [1.165, 1.54) is 11.1 Å². The van der Waals surface area contributed by atoms with Gasteiger partial charge in [-0.25, -0.2) is 9.97 Å². The fourth-order valence-electron chi connectivity index (χ4n) is 7.59. The zero-order valence-corrected chi connectivity index (χ0v) is 21.9. The van der Waals surface area contributed by atoms with E-state index >= 15 is 0 Å². The van der Waals surface area contributed by atoms with Gasteiger partial charge in [0.1, 0.15) is 0 Å². The number of carbonyl (C=O) groups is 1. The quantitative estimate of drug-likeness (QED) is 0.678. The minimum Gasteiger partial charge on any atom is -0.352 e. The van der Waals surface area contributed by atoms with E-state index in [-0.39, 0.29) is 33.9 Å². The van der Waals surface area contributed by atoms with E-state index in [1.807, 2.05) is 0 Å². The molecule has 1 saturated carbocycles. The van der Waals surface area contributed by atoms with Gasteiger partial charge < -0.3 is 10.6 Å². The maximum Gasteiger partial charge on any atom is 0.233 e. The van der Waals surface area contributed by atoms with Crippen LogP contribution in [0.2, 0.25) is 0 Å². The fourth-order valence-corrected chi connectivity index (χ4v) is 7.59. The smallest absolute Gasteiger partial charge is 0.233 e. The lowest BCUT2D eigenvalue weighted by atomic mass is 9.63. The summed E-state index contributed by atoms with van der Waals surface area (Å²) >= 11 is 0.